The molecule has 0 fully saturated rings. The van der Waals surface area contributed by atoms with E-state index in [1.165, 1.54) is 0 Å². The van der Waals surface area contributed by atoms with Gasteiger partial charge in [-0.05, 0) is 24.6 Å². The number of nitrogens with zero attached hydrogens (tertiary/aromatic N) is 1. The number of fused-ring (bicyclic) bond motifs is 1. The number of aliphatic hydroxyl groups is 1. The van der Waals surface area contributed by atoms with Crippen molar-refractivity contribution >= 4 is 28.4 Å². The van der Waals surface area contributed by atoms with Crippen LogP contribution < -0.4 is 5.32 Å². The van der Waals surface area contributed by atoms with Crippen LogP contribution in [0.15, 0.2) is 36.5 Å². The summed E-state index contributed by atoms with van der Waals surface area (Å²) < 4.78 is 0. The zero-order valence-corrected chi connectivity index (χ0v) is 12.4. The highest BCUT2D eigenvalue weighted by molar-refractivity contribution is 7.98. The zero-order chi connectivity index (χ0) is 14.6. The first-order valence-electron chi connectivity index (χ1n) is 6.37. The predicted molar refractivity (Wildman–Crippen MR) is 83.1 cm³/mol. The lowest BCUT2D eigenvalue weighted by Gasteiger charge is -2.22. The molecule has 0 aliphatic carbocycles. The number of nitrogens with one attached hydrogen (secondary N) is 1. The predicted octanol–water partition coefficient (Wildman–Crippen LogP) is 2.08. The van der Waals surface area contributed by atoms with Crippen molar-refractivity contribution in [2.75, 3.05) is 18.6 Å². The fourth-order valence-electron chi connectivity index (χ4n) is 2.02. The van der Waals surface area contributed by atoms with Gasteiger partial charge in [0.25, 0.3) is 5.91 Å². The molecule has 1 atom stereocenters. The third-order valence-corrected chi connectivity index (χ3v) is 3.88. The number of pyridine rings is 1. The third kappa shape index (κ3) is 3.49. The average molecular weight is 290 g/mol. The summed E-state index contributed by atoms with van der Waals surface area (Å²) in [5, 5.41) is 14.6. The summed E-state index contributed by atoms with van der Waals surface area (Å²) in [6.07, 6.45) is 3.54. The molecule has 1 amide bonds. The number of hydrogen-bond acceptors (Lipinski definition) is 4. The van der Waals surface area contributed by atoms with Crippen LogP contribution >= 0.6 is 11.8 Å². The van der Waals surface area contributed by atoms with Crippen LogP contribution in [-0.4, -0.2) is 40.2 Å². The molecule has 0 aliphatic rings. The van der Waals surface area contributed by atoms with Gasteiger partial charge in [0.2, 0.25) is 0 Å². The maximum absolute atomic E-state index is 12.2. The monoisotopic (exact) mass is 290 g/mol. The van der Waals surface area contributed by atoms with Gasteiger partial charge in [-0.2, -0.15) is 11.8 Å². The van der Waals surface area contributed by atoms with Gasteiger partial charge in [-0.3, -0.25) is 9.78 Å². The van der Waals surface area contributed by atoms with Gasteiger partial charge in [-0.25, -0.2) is 0 Å². The van der Waals surface area contributed by atoms with Crippen molar-refractivity contribution in [3.05, 3.63) is 42.2 Å². The standard InChI is InChI=1S/C15H18N2O2S/c1-15(19,10-20-2)9-17-14(18)13-12-6-4-3-5-11(12)7-8-16-13/h3-8,19H,9-10H2,1-2H3,(H,17,18). The average Bonchev–Trinajstić information content (AvgIpc) is 2.44. The quantitative estimate of drug-likeness (QED) is 0.885. The van der Waals surface area contributed by atoms with Crippen LogP contribution in [-0.2, 0) is 0 Å². The summed E-state index contributed by atoms with van der Waals surface area (Å²) in [6, 6.07) is 9.49. The van der Waals surface area contributed by atoms with E-state index < -0.39 is 5.60 Å². The molecular weight excluding hydrogens is 272 g/mol. The maximum Gasteiger partial charge on any atom is 0.270 e. The first-order valence-corrected chi connectivity index (χ1v) is 7.76. The number of benzene rings is 1. The Bertz CT molecular complexity index is 608. The van der Waals surface area contributed by atoms with E-state index in [1.807, 2.05) is 36.6 Å². The summed E-state index contributed by atoms with van der Waals surface area (Å²) in [7, 11) is 0. The van der Waals surface area contributed by atoms with E-state index in [1.54, 1.807) is 24.9 Å². The second-order valence-corrected chi connectivity index (χ2v) is 5.86. The number of carbonyl (C=O) groups is 1. The first kappa shape index (κ1) is 14.8. The zero-order valence-electron chi connectivity index (χ0n) is 11.6. The first-order chi connectivity index (χ1) is 9.53. The van der Waals surface area contributed by atoms with E-state index in [-0.39, 0.29) is 12.5 Å². The summed E-state index contributed by atoms with van der Waals surface area (Å²) in [6.45, 7) is 1.91. The summed E-state index contributed by atoms with van der Waals surface area (Å²) >= 11 is 1.54. The number of rotatable bonds is 5. The van der Waals surface area contributed by atoms with Gasteiger partial charge >= 0.3 is 0 Å². The molecule has 5 heteroatoms. The summed E-state index contributed by atoms with van der Waals surface area (Å²) in [5.74, 6) is 0.305. The van der Waals surface area contributed by atoms with Crippen LogP contribution in [0.5, 0.6) is 0 Å². The second-order valence-electron chi connectivity index (χ2n) is 4.99. The van der Waals surface area contributed by atoms with Gasteiger partial charge in [0.05, 0.1) is 5.60 Å². The Kier molecular flexibility index (Phi) is 4.62. The van der Waals surface area contributed by atoms with E-state index in [0.29, 0.717) is 11.4 Å². The molecule has 1 aromatic heterocycles. The lowest BCUT2D eigenvalue weighted by molar-refractivity contribution is 0.0723. The van der Waals surface area contributed by atoms with Crippen molar-refractivity contribution in [2.24, 2.45) is 0 Å². The van der Waals surface area contributed by atoms with Crippen molar-refractivity contribution in [3.63, 3.8) is 0 Å². The summed E-state index contributed by atoms with van der Waals surface area (Å²) in [4.78, 5) is 16.4. The van der Waals surface area contributed by atoms with E-state index >= 15 is 0 Å². The molecule has 2 aromatic rings. The highest BCUT2D eigenvalue weighted by Crippen LogP contribution is 2.16. The molecule has 0 radical (unpaired) electrons. The number of thioether (sulfide) groups is 1. The van der Waals surface area contributed by atoms with E-state index in [9.17, 15) is 9.90 Å². The summed E-state index contributed by atoms with van der Waals surface area (Å²) in [5.41, 5.74) is -0.525. The molecule has 1 aromatic carbocycles. The minimum Gasteiger partial charge on any atom is -0.387 e. The molecule has 20 heavy (non-hydrogen) atoms. The normalized spacial score (nSPS) is 13.9. The fraction of sp³-hybridized carbons (Fsp3) is 0.333. The Morgan fingerprint density at radius 1 is 1.40 bits per heavy atom. The highest BCUT2D eigenvalue weighted by atomic mass is 32.2. The molecule has 0 aliphatic heterocycles. The Morgan fingerprint density at radius 3 is 2.90 bits per heavy atom. The van der Waals surface area contributed by atoms with Gasteiger partial charge in [0.1, 0.15) is 5.69 Å². The number of amides is 1. The van der Waals surface area contributed by atoms with Crippen LogP contribution in [0.1, 0.15) is 17.4 Å². The SMILES string of the molecule is CSCC(C)(O)CNC(=O)c1nccc2ccccc12. The van der Waals surface area contributed by atoms with Gasteiger partial charge in [-0.15, -0.1) is 0 Å². The molecule has 0 spiro atoms. The van der Waals surface area contributed by atoms with Crippen molar-refractivity contribution in [2.45, 2.75) is 12.5 Å². The minimum atomic E-state index is -0.917. The van der Waals surface area contributed by atoms with E-state index in [2.05, 4.69) is 10.3 Å². The molecule has 0 bridgehead atoms. The van der Waals surface area contributed by atoms with E-state index in [4.69, 9.17) is 0 Å². The van der Waals surface area contributed by atoms with Crippen molar-refractivity contribution in [1.29, 1.82) is 0 Å². The van der Waals surface area contributed by atoms with Gasteiger partial charge in [-0.1, -0.05) is 24.3 Å². The Morgan fingerprint density at radius 2 is 2.15 bits per heavy atom. The Hall–Kier alpha value is -1.59. The molecule has 2 N–H and O–H groups in total. The van der Waals surface area contributed by atoms with E-state index in [0.717, 1.165) is 10.8 Å². The topological polar surface area (TPSA) is 62.2 Å². The van der Waals surface area contributed by atoms with Crippen LogP contribution in [0.2, 0.25) is 0 Å². The third-order valence-electron chi connectivity index (χ3n) is 2.97. The van der Waals surface area contributed by atoms with Gasteiger partial charge < -0.3 is 10.4 Å². The number of hydrogen-bond donors (Lipinski definition) is 2. The minimum absolute atomic E-state index is 0.206. The van der Waals surface area contributed by atoms with Gasteiger partial charge in [0.15, 0.2) is 0 Å². The van der Waals surface area contributed by atoms with Crippen LogP contribution in [0.25, 0.3) is 10.8 Å². The van der Waals surface area contributed by atoms with Crippen LogP contribution in [0, 0.1) is 0 Å². The number of carbonyl (C=O) groups excluding carboxylic acids is 1. The molecule has 2 rings (SSSR count). The smallest absolute Gasteiger partial charge is 0.270 e. The largest absolute Gasteiger partial charge is 0.387 e. The molecule has 1 heterocycles. The Labute approximate surface area is 122 Å². The van der Waals surface area contributed by atoms with Crippen molar-refractivity contribution in [3.8, 4) is 0 Å². The second kappa shape index (κ2) is 6.24. The van der Waals surface area contributed by atoms with Crippen molar-refractivity contribution < 1.29 is 9.90 Å². The van der Waals surface area contributed by atoms with Crippen LogP contribution in [0.4, 0.5) is 0 Å². The fourth-order valence-corrected chi connectivity index (χ4v) is 2.74. The molecule has 106 valence electrons. The molecular formula is C15H18N2O2S. The van der Waals surface area contributed by atoms with Gasteiger partial charge in [0, 0.05) is 23.9 Å². The lowest BCUT2D eigenvalue weighted by Crippen LogP contribution is -2.42. The molecule has 0 saturated carbocycles. The molecule has 1 unspecified atom stereocenters. The lowest BCUT2D eigenvalue weighted by atomic mass is 10.1. The molecule has 0 saturated heterocycles. The molecule has 4 nitrogen and oxygen atoms in total. The maximum atomic E-state index is 12.2. The van der Waals surface area contributed by atoms with Crippen LogP contribution in [0.3, 0.4) is 0 Å². The highest BCUT2D eigenvalue weighted by Gasteiger charge is 2.21. The number of aromatic nitrogens is 1. The van der Waals surface area contributed by atoms with Crippen molar-refractivity contribution in [1.82, 2.24) is 10.3 Å². The Balaban J connectivity index is 2.16.